The Kier molecular flexibility index (Phi) is 3.49. The lowest BCUT2D eigenvalue weighted by Crippen LogP contribution is -2.61. The number of sulfonamides is 1. The van der Waals surface area contributed by atoms with Crippen molar-refractivity contribution >= 4 is 10.0 Å². The van der Waals surface area contributed by atoms with Gasteiger partial charge in [-0.3, -0.25) is 0 Å². The highest BCUT2D eigenvalue weighted by Crippen LogP contribution is 2.41. The Hall–Kier alpha value is -0.910. The van der Waals surface area contributed by atoms with Gasteiger partial charge < -0.3 is 5.11 Å². The second kappa shape index (κ2) is 4.58. The van der Waals surface area contributed by atoms with Gasteiger partial charge in [0.25, 0.3) is 0 Å². The average molecular weight is 283 g/mol. The topological polar surface area (TPSA) is 66.4 Å². The summed E-state index contributed by atoms with van der Waals surface area (Å²) in [4.78, 5) is 0.285. The van der Waals surface area contributed by atoms with Crippen LogP contribution >= 0.6 is 0 Å². The van der Waals surface area contributed by atoms with E-state index in [-0.39, 0.29) is 10.9 Å². The maximum absolute atomic E-state index is 12.3. The lowest BCUT2D eigenvalue weighted by Gasteiger charge is -2.49. The maximum Gasteiger partial charge on any atom is 0.240 e. The van der Waals surface area contributed by atoms with Crippen molar-refractivity contribution in [2.24, 2.45) is 5.41 Å². The number of aliphatic hydroxyl groups is 1. The molecule has 0 aliphatic heterocycles. The molecule has 0 bridgehead atoms. The average Bonchev–Trinajstić information content (AvgIpc) is 2.32. The highest BCUT2D eigenvalue weighted by Gasteiger charge is 2.48. The van der Waals surface area contributed by atoms with Crippen LogP contribution in [0.2, 0.25) is 0 Å². The van der Waals surface area contributed by atoms with Crippen LogP contribution in [-0.4, -0.2) is 25.7 Å². The summed E-state index contributed by atoms with van der Waals surface area (Å²) in [7, 11) is -3.52. The Labute approximate surface area is 114 Å². The van der Waals surface area contributed by atoms with E-state index in [1.54, 1.807) is 12.1 Å². The summed E-state index contributed by atoms with van der Waals surface area (Å²) in [6.45, 7) is 7.58. The minimum Gasteiger partial charge on any atom is -0.392 e. The van der Waals surface area contributed by atoms with Crippen molar-refractivity contribution in [3.05, 3.63) is 29.3 Å². The third-order valence-corrected chi connectivity index (χ3v) is 5.77. The summed E-state index contributed by atoms with van der Waals surface area (Å²) >= 11 is 0. The number of aliphatic hydroxyl groups excluding tert-OH is 1. The highest BCUT2D eigenvalue weighted by molar-refractivity contribution is 7.89. The van der Waals surface area contributed by atoms with E-state index in [0.29, 0.717) is 6.42 Å². The Bertz CT molecular complexity index is 593. The first-order chi connectivity index (χ1) is 8.64. The van der Waals surface area contributed by atoms with E-state index in [2.05, 4.69) is 4.72 Å². The van der Waals surface area contributed by atoms with Gasteiger partial charge in [-0.25, -0.2) is 13.1 Å². The van der Waals surface area contributed by atoms with Crippen molar-refractivity contribution in [3.63, 3.8) is 0 Å². The number of hydrogen-bond acceptors (Lipinski definition) is 3. The molecule has 2 atom stereocenters. The molecule has 1 aliphatic carbocycles. The van der Waals surface area contributed by atoms with Gasteiger partial charge in [0.15, 0.2) is 0 Å². The van der Waals surface area contributed by atoms with Gasteiger partial charge in [0.05, 0.1) is 11.0 Å². The van der Waals surface area contributed by atoms with Crippen molar-refractivity contribution in [3.8, 4) is 0 Å². The molecule has 2 unspecified atom stereocenters. The zero-order valence-corrected chi connectivity index (χ0v) is 12.6. The zero-order valence-electron chi connectivity index (χ0n) is 11.8. The van der Waals surface area contributed by atoms with E-state index in [9.17, 15) is 13.5 Å². The van der Waals surface area contributed by atoms with Crippen LogP contribution in [0.15, 0.2) is 23.1 Å². The third-order valence-electron chi connectivity index (χ3n) is 4.30. The molecule has 0 aromatic heterocycles. The molecule has 4 nitrogen and oxygen atoms in total. The predicted octanol–water partition coefficient (Wildman–Crippen LogP) is 1.74. The molecule has 2 rings (SSSR count). The molecule has 2 N–H and O–H groups in total. The number of rotatable bonds is 3. The quantitative estimate of drug-likeness (QED) is 0.888. The number of nitrogens with one attached hydrogen (secondary N) is 1. The fourth-order valence-corrected chi connectivity index (χ4v) is 3.73. The van der Waals surface area contributed by atoms with Crippen molar-refractivity contribution in [2.75, 3.05) is 0 Å². The Morgan fingerprint density at radius 2 is 1.89 bits per heavy atom. The molecule has 1 aromatic rings. The lowest BCUT2D eigenvalue weighted by molar-refractivity contribution is -0.0645. The van der Waals surface area contributed by atoms with Crippen molar-refractivity contribution < 1.29 is 13.5 Å². The van der Waals surface area contributed by atoms with Gasteiger partial charge in [0.2, 0.25) is 10.0 Å². The first kappa shape index (κ1) is 14.5. The Balaban J connectivity index is 2.22. The van der Waals surface area contributed by atoms with Crippen LogP contribution in [0.3, 0.4) is 0 Å². The highest BCUT2D eigenvalue weighted by atomic mass is 32.2. The van der Waals surface area contributed by atoms with E-state index < -0.39 is 21.5 Å². The summed E-state index contributed by atoms with van der Waals surface area (Å²) in [5.74, 6) is 0. The van der Waals surface area contributed by atoms with Gasteiger partial charge in [0, 0.05) is 11.5 Å². The van der Waals surface area contributed by atoms with Crippen LogP contribution in [0.1, 0.15) is 31.4 Å². The van der Waals surface area contributed by atoms with Gasteiger partial charge in [0.1, 0.15) is 0 Å². The third kappa shape index (κ3) is 2.55. The molecule has 19 heavy (non-hydrogen) atoms. The van der Waals surface area contributed by atoms with Crippen molar-refractivity contribution in [1.29, 1.82) is 0 Å². The second-order valence-electron chi connectivity index (χ2n) is 5.99. The molecule has 0 amide bonds. The van der Waals surface area contributed by atoms with Gasteiger partial charge in [-0.15, -0.1) is 0 Å². The molecule has 0 saturated heterocycles. The van der Waals surface area contributed by atoms with Crippen molar-refractivity contribution in [1.82, 2.24) is 4.72 Å². The van der Waals surface area contributed by atoms with Crippen LogP contribution in [0.5, 0.6) is 0 Å². The molecule has 106 valence electrons. The Morgan fingerprint density at radius 1 is 1.26 bits per heavy atom. The summed E-state index contributed by atoms with van der Waals surface area (Å²) in [5.41, 5.74) is 1.61. The van der Waals surface area contributed by atoms with E-state index in [0.717, 1.165) is 11.1 Å². The van der Waals surface area contributed by atoms with E-state index >= 15 is 0 Å². The van der Waals surface area contributed by atoms with Crippen LogP contribution in [0.25, 0.3) is 0 Å². The number of benzene rings is 1. The van der Waals surface area contributed by atoms with Crippen LogP contribution < -0.4 is 4.72 Å². The molecule has 1 aromatic carbocycles. The standard InChI is InChI=1S/C14H21NO3S/c1-9-5-6-11(7-10(9)2)19(17,18)15-12-8-13(16)14(12,3)4/h5-7,12-13,15-16H,8H2,1-4H3. The van der Waals surface area contributed by atoms with Crippen LogP contribution in [0, 0.1) is 19.3 Å². The number of hydrogen-bond donors (Lipinski definition) is 2. The van der Waals surface area contributed by atoms with Crippen LogP contribution in [-0.2, 0) is 10.0 Å². The first-order valence-electron chi connectivity index (χ1n) is 6.42. The molecule has 0 spiro atoms. The fourth-order valence-electron chi connectivity index (χ4n) is 2.24. The molecule has 1 saturated carbocycles. The Morgan fingerprint density at radius 3 is 2.37 bits per heavy atom. The van der Waals surface area contributed by atoms with Crippen LogP contribution in [0.4, 0.5) is 0 Å². The molecule has 1 fully saturated rings. The molecule has 5 heteroatoms. The maximum atomic E-state index is 12.3. The van der Waals surface area contributed by atoms with Gasteiger partial charge in [-0.2, -0.15) is 0 Å². The van der Waals surface area contributed by atoms with E-state index in [4.69, 9.17) is 0 Å². The summed E-state index contributed by atoms with van der Waals surface area (Å²) in [6, 6.07) is 4.89. The van der Waals surface area contributed by atoms with Crippen molar-refractivity contribution in [2.45, 2.75) is 51.2 Å². The normalized spacial score (nSPS) is 25.9. The SMILES string of the molecule is Cc1ccc(S(=O)(=O)NC2CC(O)C2(C)C)cc1C. The summed E-state index contributed by atoms with van der Waals surface area (Å²) in [5, 5.41) is 9.66. The minimum atomic E-state index is -3.52. The van der Waals surface area contributed by atoms with E-state index in [1.807, 2.05) is 33.8 Å². The molecule has 0 radical (unpaired) electrons. The lowest BCUT2D eigenvalue weighted by atomic mass is 9.65. The molecule has 1 aliphatic rings. The smallest absolute Gasteiger partial charge is 0.240 e. The number of aryl methyl sites for hydroxylation is 2. The predicted molar refractivity (Wildman–Crippen MR) is 74.4 cm³/mol. The summed E-state index contributed by atoms with van der Waals surface area (Å²) < 4.78 is 27.3. The fraction of sp³-hybridized carbons (Fsp3) is 0.571. The monoisotopic (exact) mass is 283 g/mol. The van der Waals surface area contributed by atoms with E-state index in [1.165, 1.54) is 0 Å². The van der Waals surface area contributed by atoms with Gasteiger partial charge in [-0.05, 0) is 43.5 Å². The van der Waals surface area contributed by atoms with Gasteiger partial charge >= 0.3 is 0 Å². The zero-order chi connectivity index (χ0) is 14.4. The largest absolute Gasteiger partial charge is 0.392 e. The first-order valence-corrected chi connectivity index (χ1v) is 7.90. The minimum absolute atomic E-state index is 0.214. The molecule has 0 heterocycles. The molecular weight excluding hydrogens is 262 g/mol. The van der Waals surface area contributed by atoms with Gasteiger partial charge in [-0.1, -0.05) is 19.9 Å². The second-order valence-corrected chi connectivity index (χ2v) is 7.71. The molecular formula is C14H21NO3S. The summed E-state index contributed by atoms with van der Waals surface area (Å²) in [6.07, 6.45) is 0.0248.